The van der Waals surface area contributed by atoms with Crippen molar-refractivity contribution < 1.29 is 0 Å². The van der Waals surface area contributed by atoms with E-state index in [1.165, 1.54) is 19.3 Å². The smallest absolute Gasteiger partial charge is 0.0258 e. The van der Waals surface area contributed by atoms with Crippen molar-refractivity contribution in [2.75, 3.05) is 0 Å². The Morgan fingerprint density at radius 3 is 1.91 bits per heavy atom. The highest BCUT2D eigenvalue weighted by Crippen LogP contribution is 2.78. The molecule has 2 rings (SSSR count). The first kappa shape index (κ1) is 18.3. The Morgan fingerprint density at radius 2 is 1.45 bits per heavy atom. The first-order chi connectivity index (χ1) is 9.92. The number of rotatable bonds is 5. The summed E-state index contributed by atoms with van der Waals surface area (Å²) < 4.78 is 0. The Bertz CT molecular complexity index is 402. The van der Waals surface area contributed by atoms with E-state index in [9.17, 15) is 0 Å². The molecule has 2 aliphatic rings. The molecule has 2 fully saturated rings. The fourth-order valence-electron chi connectivity index (χ4n) is 6.93. The molecule has 22 heavy (non-hydrogen) atoms. The van der Waals surface area contributed by atoms with Crippen LogP contribution in [0.4, 0.5) is 0 Å². The van der Waals surface area contributed by atoms with Gasteiger partial charge in [-0.2, -0.15) is 0 Å². The maximum atomic E-state index is 2.66. The van der Waals surface area contributed by atoms with Crippen LogP contribution in [0, 0.1) is 51.8 Å². The van der Waals surface area contributed by atoms with Gasteiger partial charge in [-0.15, -0.1) is 0 Å². The molecule has 0 N–H and O–H groups in total. The third-order valence-electron chi connectivity index (χ3n) is 9.11. The fraction of sp³-hybridized carbons (Fsp3) is 1.00. The predicted octanol–water partition coefficient (Wildman–Crippen LogP) is 7.04. The van der Waals surface area contributed by atoms with Crippen LogP contribution in [0.25, 0.3) is 0 Å². The Hall–Kier alpha value is 0. The van der Waals surface area contributed by atoms with E-state index in [1.807, 2.05) is 0 Å². The van der Waals surface area contributed by atoms with Gasteiger partial charge in [0, 0.05) is 0 Å². The summed E-state index contributed by atoms with van der Waals surface area (Å²) in [6, 6.07) is 0. The summed E-state index contributed by atoms with van der Waals surface area (Å²) in [5.74, 6) is 5.37. The predicted molar refractivity (Wildman–Crippen MR) is 98.8 cm³/mol. The van der Waals surface area contributed by atoms with Crippen molar-refractivity contribution in [2.24, 2.45) is 51.8 Å². The van der Waals surface area contributed by atoms with Gasteiger partial charge in [-0.3, -0.25) is 0 Å². The van der Waals surface area contributed by atoms with Gasteiger partial charge in [-0.05, 0) is 64.6 Å². The van der Waals surface area contributed by atoms with Crippen molar-refractivity contribution in [3.63, 3.8) is 0 Å². The SMILES string of the molecule is CCC1C(C)C2C(C1(C)CCC(C)C(C)C)C(C)(C)C2(C)C. The van der Waals surface area contributed by atoms with E-state index in [-0.39, 0.29) is 0 Å². The molecular formula is C22H42. The highest BCUT2D eigenvalue weighted by Gasteiger charge is 2.73. The molecule has 0 bridgehead atoms. The normalized spacial score (nSPS) is 43.8. The molecule has 6 atom stereocenters. The molecule has 0 aromatic rings. The van der Waals surface area contributed by atoms with Crippen LogP contribution in [-0.4, -0.2) is 0 Å². The quantitative estimate of drug-likeness (QED) is 0.511. The molecule has 0 spiro atoms. The van der Waals surface area contributed by atoms with Crippen molar-refractivity contribution in [1.82, 2.24) is 0 Å². The average molecular weight is 307 g/mol. The minimum Gasteiger partial charge on any atom is -0.0651 e. The van der Waals surface area contributed by atoms with Crippen LogP contribution < -0.4 is 0 Å². The van der Waals surface area contributed by atoms with Gasteiger partial charge in [0.05, 0.1) is 0 Å². The lowest BCUT2D eigenvalue weighted by atomic mass is 9.37. The highest BCUT2D eigenvalue weighted by molar-refractivity contribution is 5.20. The molecule has 0 amide bonds. The Balaban J connectivity index is 2.28. The first-order valence-electron chi connectivity index (χ1n) is 9.92. The number of fused-ring (bicyclic) bond motifs is 1. The molecule has 0 aliphatic heterocycles. The van der Waals surface area contributed by atoms with E-state index in [4.69, 9.17) is 0 Å². The summed E-state index contributed by atoms with van der Waals surface area (Å²) in [6.07, 6.45) is 4.22. The third kappa shape index (κ3) is 2.22. The van der Waals surface area contributed by atoms with Crippen LogP contribution in [0.15, 0.2) is 0 Å². The Labute approximate surface area is 140 Å². The maximum absolute atomic E-state index is 2.66. The minimum atomic E-state index is 0.492. The van der Waals surface area contributed by atoms with Gasteiger partial charge in [-0.25, -0.2) is 0 Å². The summed E-state index contributed by atoms with van der Waals surface area (Å²) in [7, 11) is 0. The van der Waals surface area contributed by atoms with E-state index in [0.717, 1.165) is 35.5 Å². The topological polar surface area (TPSA) is 0 Å². The van der Waals surface area contributed by atoms with E-state index in [1.54, 1.807) is 0 Å². The number of hydrogen-bond acceptors (Lipinski definition) is 0. The summed E-state index contributed by atoms with van der Waals surface area (Å²) >= 11 is 0. The van der Waals surface area contributed by atoms with Crippen molar-refractivity contribution in [1.29, 1.82) is 0 Å². The Kier molecular flexibility index (Phi) is 4.60. The van der Waals surface area contributed by atoms with Gasteiger partial charge in [0.25, 0.3) is 0 Å². The fourth-order valence-corrected chi connectivity index (χ4v) is 6.93. The molecule has 6 unspecified atom stereocenters. The van der Waals surface area contributed by atoms with Gasteiger partial charge in [0.2, 0.25) is 0 Å². The molecule has 0 aromatic carbocycles. The minimum absolute atomic E-state index is 0.492. The summed E-state index contributed by atoms with van der Waals surface area (Å²) in [5, 5.41) is 0. The summed E-state index contributed by atoms with van der Waals surface area (Å²) in [4.78, 5) is 0. The molecular weight excluding hydrogens is 264 g/mol. The lowest BCUT2D eigenvalue weighted by Crippen LogP contribution is -2.62. The standard InChI is InChI=1S/C22H42/c1-11-17-16(5)18-19(21(8,9)20(18,6)7)22(17,10)13-12-15(4)14(2)3/h14-19H,11-13H2,1-10H3. The monoisotopic (exact) mass is 306 g/mol. The summed E-state index contributed by atoms with van der Waals surface area (Å²) in [5.41, 5.74) is 1.55. The van der Waals surface area contributed by atoms with Crippen LogP contribution in [0.1, 0.15) is 88.5 Å². The molecule has 0 saturated heterocycles. The van der Waals surface area contributed by atoms with E-state index in [2.05, 4.69) is 69.2 Å². The molecule has 0 heteroatoms. The average Bonchev–Trinajstić information content (AvgIpc) is 2.63. The van der Waals surface area contributed by atoms with Gasteiger partial charge in [0.15, 0.2) is 0 Å². The van der Waals surface area contributed by atoms with Gasteiger partial charge in [0.1, 0.15) is 0 Å². The molecule has 0 radical (unpaired) electrons. The molecule has 2 aliphatic carbocycles. The van der Waals surface area contributed by atoms with Crippen molar-refractivity contribution >= 4 is 0 Å². The van der Waals surface area contributed by atoms with Crippen LogP contribution in [0.3, 0.4) is 0 Å². The lowest BCUT2D eigenvalue weighted by Gasteiger charge is -2.67. The summed E-state index contributed by atoms with van der Waals surface area (Å²) in [6.45, 7) is 25.1. The van der Waals surface area contributed by atoms with Gasteiger partial charge >= 0.3 is 0 Å². The second-order valence-electron chi connectivity index (χ2n) is 10.6. The van der Waals surface area contributed by atoms with Crippen LogP contribution in [0.2, 0.25) is 0 Å². The van der Waals surface area contributed by atoms with Gasteiger partial charge < -0.3 is 0 Å². The van der Waals surface area contributed by atoms with E-state index >= 15 is 0 Å². The van der Waals surface area contributed by atoms with Crippen molar-refractivity contribution in [2.45, 2.75) is 88.5 Å². The zero-order chi connectivity index (χ0) is 17.1. The lowest BCUT2D eigenvalue weighted by molar-refractivity contribution is -0.196. The molecule has 0 heterocycles. The van der Waals surface area contributed by atoms with Crippen LogP contribution in [0.5, 0.6) is 0 Å². The van der Waals surface area contributed by atoms with Crippen LogP contribution >= 0.6 is 0 Å². The molecule has 130 valence electrons. The first-order valence-corrected chi connectivity index (χ1v) is 9.92. The van der Waals surface area contributed by atoms with Crippen molar-refractivity contribution in [3.05, 3.63) is 0 Å². The van der Waals surface area contributed by atoms with Crippen LogP contribution in [-0.2, 0) is 0 Å². The second-order valence-corrected chi connectivity index (χ2v) is 10.6. The largest absolute Gasteiger partial charge is 0.0651 e. The van der Waals surface area contributed by atoms with E-state index in [0.29, 0.717) is 16.2 Å². The Morgan fingerprint density at radius 1 is 0.909 bits per heavy atom. The molecule has 0 nitrogen and oxygen atoms in total. The number of hydrogen-bond donors (Lipinski definition) is 0. The third-order valence-corrected chi connectivity index (χ3v) is 9.11. The van der Waals surface area contributed by atoms with Crippen molar-refractivity contribution in [3.8, 4) is 0 Å². The molecule has 0 aromatic heterocycles. The van der Waals surface area contributed by atoms with Gasteiger partial charge in [-0.1, -0.05) is 75.7 Å². The maximum Gasteiger partial charge on any atom is -0.0258 e. The second kappa shape index (κ2) is 5.52. The zero-order valence-electron chi connectivity index (χ0n) is 17.1. The highest BCUT2D eigenvalue weighted by atomic mass is 14.8. The molecule has 2 saturated carbocycles. The zero-order valence-corrected chi connectivity index (χ0v) is 17.1. The van der Waals surface area contributed by atoms with E-state index < -0.39 is 0 Å².